The van der Waals surface area contributed by atoms with Gasteiger partial charge in [0.2, 0.25) is 10.0 Å². The summed E-state index contributed by atoms with van der Waals surface area (Å²) in [5.41, 5.74) is -0.396. The Morgan fingerprint density at radius 2 is 2.11 bits per heavy atom. The number of aryl methyl sites for hydroxylation is 1. The van der Waals surface area contributed by atoms with Crippen molar-refractivity contribution >= 4 is 21.4 Å². The molecule has 1 fully saturated rings. The van der Waals surface area contributed by atoms with Crippen LogP contribution < -0.4 is 4.72 Å². The molecule has 2 N–H and O–H groups in total. The van der Waals surface area contributed by atoms with E-state index in [2.05, 4.69) is 4.72 Å². The minimum atomic E-state index is -3.49. The minimum absolute atomic E-state index is 0.118. The van der Waals surface area contributed by atoms with Gasteiger partial charge in [0.1, 0.15) is 0 Å². The number of hydrogen-bond acceptors (Lipinski definition) is 4. The Bertz CT molecular complexity index is 542. The zero-order valence-electron chi connectivity index (χ0n) is 10.9. The van der Waals surface area contributed by atoms with Crippen molar-refractivity contribution in [3.8, 4) is 0 Å². The molecule has 102 valence electrons. The van der Waals surface area contributed by atoms with Crippen molar-refractivity contribution < 1.29 is 13.5 Å². The molecule has 1 heterocycles. The Kier molecular flexibility index (Phi) is 3.57. The molecular formula is C12H19NO3S2. The van der Waals surface area contributed by atoms with E-state index in [-0.39, 0.29) is 6.61 Å². The highest BCUT2D eigenvalue weighted by Crippen LogP contribution is 2.40. The van der Waals surface area contributed by atoms with Crippen LogP contribution in [0, 0.1) is 12.8 Å². The Labute approximate surface area is 112 Å². The first-order valence-corrected chi connectivity index (χ1v) is 8.30. The molecule has 4 nitrogen and oxygen atoms in total. The molecule has 0 bridgehead atoms. The highest BCUT2D eigenvalue weighted by atomic mass is 32.2. The molecule has 6 heteroatoms. The van der Waals surface area contributed by atoms with Crippen LogP contribution >= 0.6 is 11.3 Å². The van der Waals surface area contributed by atoms with Gasteiger partial charge in [0.05, 0.1) is 11.5 Å². The van der Waals surface area contributed by atoms with E-state index >= 15 is 0 Å². The van der Waals surface area contributed by atoms with Gasteiger partial charge in [-0.3, -0.25) is 0 Å². The summed E-state index contributed by atoms with van der Waals surface area (Å²) < 4.78 is 27.5. The molecule has 0 amide bonds. The summed E-state index contributed by atoms with van der Waals surface area (Å²) in [5, 5.41) is 9.07. The fraction of sp³-hybridized carbons (Fsp3) is 0.667. The standard InChI is InChI=1S/C12H19NO3S2/c1-8-11(6-10(7-14)17-8)18(15,16)13-12(2,3)9-4-5-9/h6,9,13-14H,4-5,7H2,1-3H3. The van der Waals surface area contributed by atoms with Crippen LogP contribution in [0.3, 0.4) is 0 Å². The van der Waals surface area contributed by atoms with Gasteiger partial charge < -0.3 is 5.11 Å². The molecular weight excluding hydrogens is 270 g/mol. The van der Waals surface area contributed by atoms with E-state index in [9.17, 15) is 8.42 Å². The summed E-state index contributed by atoms with van der Waals surface area (Å²) in [6.45, 7) is 5.50. The number of aliphatic hydroxyl groups excluding tert-OH is 1. The van der Waals surface area contributed by atoms with Gasteiger partial charge in [0.15, 0.2) is 0 Å². The second kappa shape index (κ2) is 4.59. The molecule has 0 saturated heterocycles. The number of rotatable bonds is 5. The van der Waals surface area contributed by atoms with Crippen molar-refractivity contribution in [2.75, 3.05) is 0 Å². The molecule has 0 radical (unpaired) electrons. The Morgan fingerprint density at radius 3 is 2.56 bits per heavy atom. The van der Waals surface area contributed by atoms with Gasteiger partial charge in [-0.25, -0.2) is 13.1 Å². The predicted octanol–water partition coefficient (Wildman–Crippen LogP) is 2.02. The topological polar surface area (TPSA) is 66.4 Å². The third-order valence-corrected chi connectivity index (χ3v) is 6.33. The molecule has 1 aliphatic carbocycles. The van der Waals surface area contributed by atoms with E-state index < -0.39 is 15.6 Å². The normalized spacial score (nSPS) is 17.1. The second-order valence-corrected chi connectivity index (χ2v) is 8.38. The maximum absolute atomic E-state index is 12.3. The van der Waals surface area contributed by atoms with Gasteiger partial charge in [-0.1, -0.05) is 0 Å². The molecule has 0 aromatic carbocycles. The monoisotopic (exact) mass is 289 g/mol. The average molecular weight is 289 g/mol. The van der Waals surface area contributed by atoms with Crippen LogP contribution in [0.15, 0.2) is 11.0 Å². The molecule has 0 aliphatic heterocycles. The van der Waals surface area contributed by atoms with E-state index in [1.165, 1.54) is 11.3 Å². The lowest BCUT2D eigenvalue weighted by atomic mass is 10.0. The zero-order chi connectivity index (χ0) is 13.6. The Hall–Kier alpha value is -0.430. The lowest BCUT2D eigenvalue weighted by molar-refractivity contribution is 0.285. The third-order valence-electron chi connectivity index (χ3n) is 3.36. The van der Waals surface area contributed by atoms with E-state index in [4.69, 9.17) is 5.11 Å². The summed E-state index contributed by atoms with van der Waals surface area (Å²) in [6, 6.07) is 1.56. The van der Waals surface area contributed by atoms with Crippen LogP contribution in [0.5, 0.6) is 0 Å². The first kappa shape index (κ1) is 14.0. The number of sulfonamides is 1. The highest BCUT2D eigenvalue weighted by Gasteiger charge is 2.41. The molecule has 0 spiro atoms. The Morgan fingerprint density at radius 1 is 1.50 bits per heavy atom. The highest BCUT2D eigenvalue weighted by molar-refractivity contribution is 7.89. The Balaban J connectivity index is 2.27. The summed E-state index contributed by atoms with van der Waals surface area (Å²) in [5.74, 6) is 0.434. The van der Waals surface area contributed by atoms with Crippen molar-refractivity contribution in [3.63, 3.8) is 0 Å². The second-order valence-electron chi connectivity index (χ2n) is 5.39. The van der Waals surface area contributed by atoms with E-state index in [0.717, 1.165) is 17.7 Å². The van der Waals surface area contributed by atoms with Crippen LogP contribution in [0.2, 0.25) is 0 Å². The van der Waals surface area contributed by atoms with Gasteiger partial charge >= 0.3 is 0 Å². The van der Waals surface area contributed by atoms with Crippen molar-refractivity contribution in [2.24, 2.45) is 5.92 Å². The van der Waals surface area contributed by atoms with Crippen molar-refractivity contribution in [1.29, 1.82) is 0 Å². The molecule has 2 rings (SSSR count). The maximum Gasteiger partial charge on any atom is 0.242 e. The van der Waals surface area contributed by atoms with E-state index in [1.807, 2.05) is 13.8 Å². The molecule has 0 atom stereocenters. The molecule has 0 unspecified atom stereocenters. The summed E-state index contributed by atoms with van der Waals surface area (Å²) >= 11 is 1.32. The van der Waals surface area contributed by atoms with Crippen LogP contribution in [0.25, 0.3) is 0 Å². The molecule has 1 saturated carbocycles. The molecule has 1 aromatic heterocycles. The summed E-state index contributed by atoms with van der Waals surface area (Å²) in [7, 11) is -3.49. The van der Waals surface area contributed by atoms with Crippen LogP contribution in [0.1, 0.15) is 36.4 Å². The van der Waals surface area contributed by atoms with Gasteiger partial charge in [-0.05, 0) is 45.6 Å². The fourth-order valence-electron chi connectivity index (χ4n) is 2.16. The number of hydrogen-bond donors (Lipinski definition) is 2. The summed E-state index contributed by atoms with van der Waals surface area (Å²) in [6.07, 6.45) is 2.17. The van der Waals surface area contributed by atoms with Crippen LogP contribution in [-0.4, -0.2) is 19.1 Å². The van der Waals surface area contributed by atoms with Crippen molar-refractivity contribution in [1.82, 2.24) is 4.72 Å². The third kappa shape index (κ3) is 2.77. The van der Waals surface area contributed by atoms with Crippen LogP contribution in [-0.2, 0) is 16.6 Å². The lowest BCUT2D eigenvalue weighted by Gasteiger charge is -2.25. The molecule has 1 aromatic rings. The largest absolute Gasteiger partial charge is 0.391 e. The summed E-state index contributed by atoms with van der Waals surface area (Å²) in [4.78, 5) is 1.69. The van der Waals surface area contributed by atoms with Crippen molar-refractivity contribution in [3.05, 3.63) is 15.8 Å². The van der Waals surface area contributed by atoms with Crippen molar-refractivity contribution in [2.45, 2.75) is 50.7 Å². The number of thiophene rings is 1. The smallest absolute Gasteiger partial charge is 0.242 e. The molecule has 18 heavy (non-hydrogen) atoms. The average Bonchev–Trinajstić information content (AvgIpc) is 3.01. The quantitative estimate of drug-likeness (QED) is 0.871. The first-order chi connectivity index (χ1) is 8.26. The zero-order valence-corrected chi connectivity index (χ0v) is 12.5. The predicted molar refractivity (Wildman–Crippen MR) is 72.1 cm³/mol. The lowest BCUT2D eigenvalue weighted by Crippen LogP contribution is -2.45. The minimum Gasteiger partial charge on any atom is -0.391 e. The molecule has 1 aliphatic rings. The van der Waals surface area contributed by atoms with Gasteiger partial charge in [-0.15, -0.1) is 11.3 Å². The van der Waals surface area contributed by atoms with Gasteiger partial charge in [-0.2, -0.15) is 0 Å². The van der Waals surface area contributed by atoms with Crippen LogP contribution in [0.4, 0.5) is 0 Å². The number of nitrogens with one attached hydrogen (secondary N) is 1. The SMILES string of the molecule is Cc1sc(CO)cc1S(=O)(=O)NC(C)(C)C1CC1. The fourth-order valence-corrected chi connectivity index (χ4v) is 5.13. The van der Waals surface area contributed by atoms with Gasteiger partial charge in [0, 0.05) is 15.3 Å². The van der Waals surface area contributed by atoms with E-state index in [0.29, 0.717) is 15.7 Å². The first-order valence-electron chi connectivity index (χ1n) is 6.00. The maximum atomic E-state index is 12.3. The van der Waals surface area contributed by atoms with E-state index in [1.54, 1.807) is 13.0 Å². The number of aliphatic hydroxyl groups is 1. The van der Waals surface area contributed by atoms with Gasteiger partial charge in [0.25, 0.3) is 0 Å².